The van der Waals surface area contributed by atoms with Crippen LogP contribution in [-0.2, 0) is 9.53 Å². The quantitative estimate of drug-likeness (QED) is 0.245. The lowest BCUT2D eigenvalue weighted by molar-refractivity contribution is -0.142. The first kappa shape index (κ1) is 18.9. The summed E-state index contributed by atoms with van der Waals surface area (Å²) in [5.74, 6) is 0.523. The Balaban J connectivity index is 1.83. The van der Waals surface area contributed by atoms with Crippen LogP contribution in [0.2, 0.25) is 0 Å². The largest absolute Gasteiger partial charge is 0.466 e. The number of fused-ring (bicyclic) bond motifs is 4. The predicted octanol–water partition coefficient (Wildman–Crippen LogP) is 3.48. The Bertz CT molecular complexity index is 1240. The zero-order valence-electron chi connectivity index (χ0n) is 16.9. The lowest BCUT2D eigenvalue weighted by Gasteiger charge is -2.13. The Morgan fingerprint density at radius 3 is 2.69 bits per heavy atom. The molecule has 6 nitrogen and oxygen atoms in total. The highest BCUT2D eigenvalue weighted by Gasteiger charge is 2.15. The molecule has 0 spiro atoms. The molecule has 0 fully saturated rings. The number of nitrogens with one attached hydrogen (secondary N) is 1. The Kier molecular flexibility index (Phi) is 5.16. The van der Waals surface area contributed by atoms with Crippen LogP contribution in [-0.4, -0.2) is 38.2 Å². The van der Waals surface area contributed by atoms with Gasteiger partial charge in [0.15, 0.2) is 11.3 Å². The van der Waals surface area contributed by atoms with Crippen LogP contribution in [0.1, 0.15) is 13.3 Å². The van der Waals surface area contributed by atoms with Crippen LogP contribution in [0.3, 0.4) is 0 Å². The molecule has 6 heteroatoms. The van der Waals surface area contributed by atoms with Gasteiger partial charge in [0.1, 0.15) is 25.3 Å². The van der Waals surface area contributed by atoms with E-state index in [4.69, 9.17) is 14.1 Å². The first-order valence-corrected chi connectivity index (χ1v) is 9.73. The number of anilines is 1. The highest BCUT2D eigenvalue weighted by molar-refractivity contribution is 6.10. The molecule has 0 aromatic heterocycles. The van der Waals surface area contributed by atoms with E-state index < -0.39 is 0 Å². The maximum Gasteiger partial charge on any atom is 0.307 e. The Hall–Kier alpha value is -3.41. The second-order valence-corrected chi connectivity index (χ2v) is 7.06. The smallest absolute Gasteiger partial charge is 0.307 e. The SMILES string of the molecule is CCOC(=O)CCNc1cc2oc3cc(=[N+](C)C)ccc-3nc2c2ccccc12. The molecule has 1 aliphatic carbocycles. The molecular weight excluding hydrogens is 366 g/mol. The number of benzene rings is 3. The van der Waals surface area contributed by atoms with Crippen molar-refractivity contribution in [2.45, 2.75) is 13.3 Å². The summed E-state index contributed by atoms with van der Waals surface area (Å²) in [5, 5.41) is 6.45. The van der Waals surface area contributed by atoms with E-state index in [2.05, 4.69) is 5.32 Å². The maximum atomic E-state index is 11.6. The average Bonchev–Trinajstić information content (AvgIpc) is 2.72. The Labute approximate surface area is 168 Å². The monoisotopic (exact) mass is 390 g/mol. The third-order valence-corrected chi connectivity index (χ3v) is 4.84. The summed E-state index contributed by atoms with van der Waals surface area (Å²) >= 11 is 0. The fourth-order valence-electron chi connectivity index (χ4n) is 3.40. The van der Waals surface area contributed by atoms with Crippen LogP contribution in [0.25, 0.3) is 33.3 Å². The number of hydrogen-bond donors (Lipinski definition) is 1. The minimum absolute atomic E-state index is 0.210. The van der Waals surface area contributed by atoms with Gasteiger partial charge in [-0.2, -0.15) is 0 Å². The van der Waals surface area contributed by atoms with E-state index in [9.17, 15) is 4.79 Å². The zero-order valence-corrected chi connectivity index (χ0v) is 16.9. The third-order valence-electron chi connectivity index (χ3n) is 4.84. The normalized spacial score (nSPS) is 11.1. The van der Waals surface area contributed by atoms with E-state index in [0.29, 0.717) is 25.2 Å². The van der Waals surface area contributed by atoms with Crippen molar-refractivity contribution in [3.05, 3.63) is 53.9 Å². The number of esters is 1. The lowest BCUT2D eigenvalue weighted by atomic mass is 10.1. The van der Waals surface area contributed by atoms with Crippen LogP contribution in [0.4, 0.5) is 5.69 Å². The molecule has 1 aliphatic heterocycles. The van der Waals surface area contributed by atoms with Gasteiger partial charge in [-0.15, -0.1) is 0 Å². The van der Waals surface area contributed by atoms with Gasteiger partial charge >= 0.3 is 5.97 Å². The summed E-state index contributed by atoms with van der Waals surface area (Å²) in [7, 11) is 3.99. The first-order valence-electron chi connectivity index (χ1n) is 9.73. The minimum atomic E-state index is -0.210. The molecule has 2 aliphatic rings. The number of carbonyl (C=O) groups is 1. The van der Waals surface area contributed by atoms with Gasteiger partial charge in [0.2, 0.25) is 5.36 Å². The first-order chi connectivity index (χ1) is 14.1. The van der Waals surface area contributed by atoms with Gasteiger partial charge in [-0.3, -0.25) is 4.79 Å². The maximum absolute atomic E-state index is 11.6. The van der Waals surface area contributed by atoms with Crippen molar-refractivity contribution in [2.24, 2.45) is 0 Å². The van der Waals surface area contributed by atoms with Crippen molar-refractivity contribution in [1.82, 2.24) is 9.56 Å². The molecule has 1 N–H and O–H groups in total. The van der Waals surface area contributed by atoms with E-state index in [1.165, 1.54) is 0 Å². The van der Waals surface area contributed by atoms with Crippen molar-refractivity contribution < 1.29 is 13.9 Å². The van der Waals surface area contributed by atoms with E-state index in [1.54, 1.807) is 0 Å². The van der Waals surface area contributed by atoms with Crippen LogP contribution in [0.5, 0.6) is 0 Å². The van der Waals surface area contributed by atoms with Gasteiger partial charge < -0.3 is 14.5 Å². The number of ether oxygens (including phenoxy) is 1. The summed E-state index contributed by atoms with van der Waals surface area (Å²) in [6, 6.07) is 16.0. The molecule has 2 aromatic rings. The number of rotatable bonds is 5. The van der Waals surface area contributed by atoms with Gasteiger partial charge in [0.25, 0.3) is 0 Å². The van der Waals surface area contributed by atoms with Crippen molar-refractivity contribution in [3.8, 4) is 11.5 Å². The van der Waals surface area contributed by atoms with Gasteiger partial charge in [-0.1, -0.05) is 24.3 Å². The molecule has 4 rings (SSSR count). The molecule has 0 amide bonds. The minimum Gasteiger partial charge on any atom is -0.466 e. The summed E-state index contributed by atoms with van der Waals surface area (Å²) in [6.45, 7) is 2.69. The molecule has 0 unspecified atom stereocenters. The van der Waals surface area contributed by atoms with Gasteiger partial charge in [0.05, 0.1) is 19.1 Å². The van der Waals surface area contributed by atoms with Gasteiger partial charge in [-0.05, 0) is 13.0 Å². The zero-order chi connectivity index (χ0) is 20.4. The van der Waals surface area contributed by atoms with E-state index >= 15 is 0 Å². The second kappa shape index (κ2) is 7.91. The van der Waals surface area contributed by atoms with Crippen molar-refractivity contribution in [3.63, 3.8) is 0 Å². The molecule has 2 aromatic carbocycles. The summed E-state index contributed by atoms with van der Waals surface area (Å²) < 4.78 is 13.3. The van der Waals surface area contributed by atoms with Crippen LogP contribution < -0.4 is 15.2 Å². The fraction of sp³-hybridized carbons (Fsp3) is 0.261. The predicted molar refractivity (Wildman–Crippen MR) is 115 cm³/mol. The number of nitrogens with zero attached hydrogens (tertiary/aromatic N) is 2. The third kappa shape index (κ3) is 3.78. The molecule has 0 radical (unpaired) electrons. The summed E-state index contributed by atoms with van der Waals surface area (Å²) in [5.41, 5.74) is 3.25. The molecular formula is C23H24N3O3+. The van der Waals surface area contributed by atoms with E-state index in [-0.39, 0.29) is 5.97 Å². The molecule has 0 bridgehead atoms. The highest BCUT2D eigenvalue weighted by atomic mass is 16.5. The standard InChI is InChI=1S/C23H23N3O3/c1-4-28-22(27)11-12-24-19-14-21-23(17-8-6-5-7-16(17)19)25-18-10-9-15(26(2)3)13-20(18)29-21/h5-10,13-14H,4,11-12H2,1-3H3/p+1. The number of carbonyl (C=O) groups excluding carboxylic acids is 1. The summed E-state index contributed by atoms with van der Waals surface area (Å²) in [6.07, 6.45) is 0.305. The lowest BCUT2D eigenvalue weighted by Crippen LogP contribution is -2.21. The van der Waals surface area contributed by atoms with Crippen molar-refractivity contribution in [1.29, 1.82) is 0 Å². The Morgan fingerprint density at radius 1 is 1.14 bits per heavy atom. The highest BCUT2D eigenvalue weighted by Crippen LogP contribution is 2.33. The molecule has 0 saturated carbocycles. The van der Waals surface area contributed by atoms with Crippen LogP contribution >= 0.6 is 0 Å². The molecule has 1 heterocycles. The van der Waals surface area contributed by atoms with Gasteiger partial charge in [0, 0.05) is 35.1 Å². The van der Waals surface area contributed by atoms with Gasteiger partial charge in [-0.25, -0.2) is 9.56 Å². The van der Waals surface area contributed by atoms with Crippen LogP contribution in [0.15, 0.2) is 52.9 Å². The fourth-order valence-corrected chi connectivity index (χ4v) is 3.40. The number of hydrogen-bond acceptors (Lipinski definition) is 5. The Morgan fingerprint density at radius 2 is 1.93 bits per heavy atom. The topological polar surface area (TPSA) is 67.4 Å². The molecule has 0 saturated heterocycles. The molecule has 148 valence electrons. The van der Waals surface area contributed by atoms with E-state index in [0.717, 1.165) is 38.8 Å². The number of aromatic nitrogens is 1. The van der Waals surface area contributed by atoms with E-state index in [1.807, 2.05) is 74.1 Å². The summed E-state index contributed by atoms with van der Waals surface area (Å²) in [4.78, 5) is 16.5. The van der Waals surface area contributed by atoms with Crippen molar-refractivity contribution in [2.75, 3.05) is 32.6 Å². The van der Waals surface area contributed by atoms with Crippen LogP contribution in [0, 0.1) is 0 Å². The molecule has 0 atom stereocenters. The molecule has 29 heavy (non-hydrogen) atoms. The van der Waals surface area contributed by atoms with Crippen molar-refractivity contribution >= 4 is 33.5 Å². The second-order valence-electron chi connectivity index (χ2n) is 7.06. The average molecular weight is 390 g/mol.